The van der Waals surface area contributed by atoms with Gasteiger partial charge in [-0.25, -0.2) is 0 Å². The number of hydrogen-bond donors (Lipinski definition) is 3. The summed E-state index contributed by atoms with van der Waals surface area (Å²) >= 11 is 0. The number of rotatable bonds is 2. The first-order valence-corrected chi connectivity index (χ1v) is 3.28. The van der Waals surface area contributed by atoms with E-state index in [1.807, 2.05) is 0 Å². The molecular formula is C2H8NNaO4S. The average molecular weight is 165 g/mol. The van der Waals surface area contributed by atoms with Gasteiger partial charge in [-0.15, -0.1) is 0 Å². The molecule has 0 aliphatic carbocycles. The second-order valence-electron chi connectivity index (χ2n) is 1.27. The van der Waals surface area contributed by atoms with Crippen molar-refractivity contribution < 1.29 is 18.1 Å². The Bertz CT molecular complexity index is 152. The molecule has 0 saturated carbocycles. The Hall–Kier alpha value is 0.830. The normalized spacial score (nSPS) is 14.1. The molecule has 0 amide bonds. The van der Waals surface area contributed by atoms with Gasteiger partial charge in [0.2, 0.25) is 0 Å². The molecule has 7 heteroatoms. The van der Waals surface area contributed by atoms with E-state index in [1.165, 1.54) is 11.6 Å². The van der Waals surface area contributed by atoms with Crippen LogP contribution >= 0.6 is 0 Å². The van der Waals surface area contributed by atoms with Crippen LogP contribution in [0.3, 0.4) is 0 Å². The van der Waals surface area contributed by atoms with Crippen LogP contribution in [0.5, 0.6) is 0 Å². The molecule has 0 aliphatic rings. The zero-order valence-corrected chi connectivity index (χ0v) is 5.01. The molecule has 0 radical (unpaired) electrons. The third-order valence-corrected chi connectivity index (χ3v) is 0.958. The predicted molar refractivity (Wildman–Crippen MR) is 33.5 cm³/mol. The SMILES string of the molecule is CC(O)NS(=O)(=O)O.[NaH]. The molecule has 0 bridgehead atoms. The van der Waals surface area contributed by atoms with E-state index in [2.05, 4.69) is 0 Å². The van der Waals surface area contributed by atoms with E-state index in [4.69, 9.17) is 9.66 Å². The molecule has 0 saturated heterocycles. The molecule has 9 heavy (non-hydrogen) atoms. The van der Waals surface area contributed by atoms with Crippen LogP contribution < -0.4 is 4.72 Å². The van der Waals surface area contributed by atoms with E-state index < -0.39 is 16.5 Å². The van der Waals surface area contributed by atoms with Crippen molar-refractivity contribution in [1.29, 1.82) is 0 Å². The van der Waals surface area contributed by atoms with Gasteiger partial charge in [-0.3, -0.25) is 4.55 Å². The molecule has 52 valence electrons. The molecule has 0 aromatic carbocycles. The zero-order valence-electron chi connectivity index (χ0n) is 4.20. The fourth-order valence-corrected chi connectivity index (χ4v) is 0.647. The summed E-state index contributed by atoms with van der Waals surface area (Å²) in [6.07, 6.45) is -1.25. The molecule has 0 spiro atoms. The van der Waals surface area contributed by atoms with E-state index in [9.17, 15) is 8.42 Å². The van der Waals surface area contributed by atoms with Gasteiger partial charge in [-0.05, 0) is 6.92 Å². The molecule has 0 rings (SSSR count). The minimum absolute atomic E-state index is 0. The van der Waals surface area contributed by atoms with Crippen molar-refractivity contribution in [3.63, 3.8) is 0 Å². The summed E-state index contributed by atoms with van der Waals surface area (Å²) in [6, 6.07) is 0. The topological polar surface area (TPSA) is 86.6 Å². The van der Waals surface area contributed by atoms with Crippen LogP contribution in [0.1, 0.15) is 6.92 Å². The summed E-state index contributed by atoms with van der Waals surface area (Å²) in [5.41, 5.74) is 0. The standard InChI is InChI=1S/C2H7NO4S.Na.H/c1-2(4)3-8(5,6)7;;/h2-4H,1H3,(H,5,6,7);;. The van der Waals surface area contributed by atoms with E-state index >= 15 is 0 Å². The Kier molecular flexibility index (Phi) is 6.41. The van der Waals surface area contributed by atoms with Crippen LogP contribution in [-0.2, 0) is 10.3 Å². The number of aliphatic hydroxyl groups is 1. The Balaban J connectivity index is 0. The van der Waals surface area contributed by atoms with Gasteiger partial charge in [-0.2, -0.15) is 13.1 Å². The van der Waals surface area contributed by atoms with Gasteiger partial charge < -0.3 is 5.11 Å². The molecule has 1 unspecified atom stereocenters. The maximum absolute atomic E-state index is 9.73. The Labute approximate surface area is 75.6 Å². The van der Waals surface area contributed by atoms with Gasteiger partial charge >= 0.3 is 39.9 Å². The predicted octanol–water partition coefficient (Wildman–Crippen LogP) is -1.93. The van der Waals surface area contributed by atoms with E-state index in [1.54, 1.807) is 0 Å². The Morgan fingerprint density at radius 3 is 1.89 bits per heavy atom. The fraction of sp³-hybridized carbons (Fsp3) is 1.00. The van der Waals surface area contributed by atoms with Crippen molar-refractivity contribution >= 4 is 39.9 Å². The summed E-state index contributed by atoms with van der Waals surface area (Å²) < 4.78 is 28.8. The van der Waals surface area contributed by atoms with E-state index in [-0.39, 0.29) is 29.6 Å². The van der Waals surface area contributed by atoms with E-state index in [0.29, 0.717) is 0 Å². The summed E-state index contributed by atoms with van der Waals surface area (Å²) in [5.74, 6) is 0. The number of nitrogens with one attached hydrogen (secondary N) is 1. The van der Waals surface area contributed by atoms with Crippen LogP contribution in [0.25, 0.3) is 0 Å². The summed E-state index contributed by atoms with van der Waals surface area (Å²) in [4.78, 5) is 0. The number of aliphatic hydroxyl groups excluding tert-OH is 1. The summed E-state index contributed by atoms with van der Waals surface area (Å²) in [6.45, 7) is 1.17. The molecule has 0 aromatic rings. The quantitative estimate of drug-likeness (QED) is 0.252. The van der Waals surface area contributed by atoms with Crippen LogP contribution in [0.15, 0.2) is 0 Å². The number of hydrogen-bond acceptors (Lipinski definition) is 3. The Morgan fingerprint density at radius 1 is 1.56 bits per heavy atom. The van der Waals surface area contributed by atoms with Crippen molar-refractivity contribution in [3.05, 3.63) is 0 Å². The van der Waals surface area contributed by atoms with Crippen molar-refractivity contribution in [2.45, 2.75) is 13.2 Å². The average Bonchev–Trinajstić information content (AvgIpc) is 1.21. The fourth-order valence-electron chi connectivity index (χ4n) is 0.216. The monoisotopic (exact) mass is 165 g/mol. The molecule has 0 aromatic heterocycles. The van der Waals surface area contributed by atoms with Gasteiger partial charge in [0.15, 0.2) is 0 Å². The molecule has 0 fully saturated rings. The Morgan fingerprint density at radius 2 is 1.89 bits per heavy atom. The third-order valence-electron chi connectivity index (χ3n) is 0.319. The molecule has 3 N–H and O–H groups in total. The van der Waals surface area contributed by atoms with Crippen LogP contribution in [0.2, 0.25) is 0 Å². The molecule has 5 nitrogen and oxygen atoms in total. The molecule has 1 atom stereocenters. The molecule has 0 heterocycles. The minimum atomic E-state index is -4.22. The van der Waals surface area contributed by atoms with Gasteiger partial charge in [0.05, 0.1) is 0 Å². The van der Waals surface area contributed by atoms with Crippen LogP contribution in [0.4, 0.5) is 0 Å². The first-order valence-electron chi connectivity index (χ1n) is 1.84. The van der Waals surface area contributed by atoms with Crippen molar-refractivity contribution in [2.24, 2.45) is 0 Å². The van der Waals surface area contributed by atoms with Gasteiger partial charge in [0.1, 0.15) is 6.23 Å². The summed E-state index contributed by atoms with van der Waals surface area (Å²) in [7, 11) is -4.22. The van der Waals surface area contributed by atoms with E-state index in [0.717, 1.165) is 0 Å². The maximum atomic E-state index is 9.73. The van der Waals surface area contributed by atoms with Crippen LogP contribution in [-0.4, -0.2) is 53.9 Å². The first-order chi connectivity index (χ1) is 3.42. The second kappa shape index (κ2) is 4.62. The summed E-state index contributed by atoms with van der Waals surface area (Å²) in [5, 5.41) is 8.24. The third kappa shape index (κ3) is 12.1. The van der Waals surface area contributed by atoms with Gasteiger partial charge in [0.25, 0.3) is 0 Å². The molecular weight excluding hydrogens is 157 g/mol. The van der Waals surface area contributed by atoms with Crippen LogP contribution in [0, 0.1) is 0 Å². The van der Waals surface area contributed by atoms with Gasteiger partial charge in [-0.1, -0.05) is 0 Å². The van der Waals surface area contributed by atoms with Gasteiger partial charge in [0, 0.05) is 0 Å². The zero-order chi connectivity index (χ0) is 6.78. The molecule has 0 aliphatic heterocycles. The van der Waals surface area contributed by atoms with Crippen molar-refractivity contribution in [2.75, 3.05) is 0 Å². The first kappa shape index (κ1) is 12.5. The van der Waals surface area contributed by atoms with Crippen molar-refractivity contribution in [1.82, 2.24) is 4.72 Å². The second-order valence-corrected chi connectivity index (χ2v) is 2.45. The van der Waals surface area contributed by atoms with Crippen molar-refractivity contribution in [3.8, 4) is 0 Å².